The molecule has 3 rings (SSSR count). The van der Waals surface area contributed by atoms with Crippen molar-refractivity contribution in [1.82, 2.24) is 4.98 Å². The van der Waals surface area contributed by atoms with E-state index in [1.54, 1.807) is 23.5 Å². The zero-order valence-corrected chi connectivity index (χ0v) is 21.0. The molecular formula is C19H15BrN2ORuS4. The second kappa shape index (κ2) is 15.3. The molecule has 0 fully saturated rings. The molecule has 9 heteroatoms. The van der Waals surface area contributed by atoms with Crippen LogP contribution in [0.15, 0.2) is 86.3 Å². The van der Waals surface area contributed by atoms with E-state index >= 15 is 0 Å². The molecule has 3 nitrogen and oxygen atoms in total. The van der Waals surface area contributed by atoms with Crippen molar-refractivity contribution >= 4 is 48.8 Å². The van der Waals surface area contributed by atoms with Crippen LogP contribution in [0, 0.1) is 4.91 Å². The summed E-state index contributed by atoms with van der Waals surface area (Å²) in [4.78, 5) is 16.1. The predicted molar refractivity (Wildman–Crippen MR) is 114 cm³/mol. The summed E-state index contributed by atoms with van der Waals surface area (Å²) in [6.07, 6.45) is 0. The number of thioether (sulfide) groups is 2. The van der Waals surface area contributed by atoms with E-state index < -0.39 is 0 Å². The van der Waals surface area contributed by atoms with Gasteiger partial charge in [-0.15, -0.1) is 23.5 Å². The fraction of sp³-hybridized carbons (Fsp3) is 0.105. The average molecular weight is 597 g/mol. The average Bonchev–Trinajstić information content (AvgIpc) is 2.69. The van der Waals surface area contributed by atoms with Gasteiger partial charge in [0.2, 0.25) is 0 Å². The second-order valence-electron chi connectivity index (χ2n) is 5.09. The number of pyridine rings is 1. The van der Waals surface area contributed by atoms with Crippen molar-refractivity contribution < 1.29 is 36.5 Å². The Kier molecular flexibility index (Phi) is 15.0. The van der Waals surface area contributed by atoms with E-state index in [-0.39, 0.29) is 36.5 Å². The first-order valence-corrected chi connectivity index (χ1v) is 10.4. The minimum absolute atomic E-state index is 0. The van der Waals surface area contributed by atoms with Crippen molar-refractivity contribution in [3.63, 3.8) is 0 Å². The number of aromatic nitrogens is 1. The Morgan fingerprint density at radius 1 is 0.714 bits per heavy atom. The summed E-state index contributed by atoms with van der Waals surface area (Å²) in [5.74, 6) is 1.65. The number of halogens is 1. The van der Waals surface area contributed by atoms with Crippen LogP contribution >= 0.6 is 23.5 Å². The third-order valence-electron chi connectivity index (χ3n) is 3.31. The van der Waals surface area contributed by atoms with Gasteiger partial charge in [0.1, 0.15) is 0 Å². The van der Waals surface area contributed by atoms with Gasteiger partial charge in [0.25, 0.3) is 0 Å². The smallest absolute Gasteiger partial charge is 1.00 e. The van der Waals surface area contributed by atoms with Crippen molar-refractivity contribution in [2.45, 2.75) is 31.1 Å². The molecule has 0 bridgehead atoms. The molecule has 0 amide bonds. The third kappa shape index (κ3) is 8.84. The molecule has 0 aliphatic heterocycles. The van der Waals surface area contributed by atoms with Gasteiger partial charge >= 0.3 is 19.5 Å². The van der Waals surface area contributed by atoms with Crippen LogP contribution in [-0.4, -0.2) is 4.98 Å². The number of hydrogen-bond donors (Lipinski definition) is 0. The molecule has 0 radical (unpaired) electrons. The van der Waals surface area contributed by atoms with Crippen LogP contribution in [0.1, 0.15) is 11.4 Å². The van der Waals surface area contributed by atoms with Crippen LogP contribution in [0.2, 0.25) is 0 Å². The van der Waals surface area contributed by atoms with E-state index in [0.717, 1.165) is 42.5 Å². The Bertz CT molecular complexity index is 793. The fourth-order valence-electron chi connectivity index (χ4n) is 2.13. The quantitative estimate of drug-likeness (QED) is 0.248. The van der Waals surface area contributed by atoms with Crippen LogP contribution in [0.25, 0.3) is 5.59 Å². The summed E-state index contributed by atoms with van der Waals surface area (Å²) in [5.41, 5.74) is 7.89. The van der Waals surface area contributed by atoms with Gasteiger partial charge in [0.05, 0.1) is 11.4 Å². The Hall–Kier alpha value is -0.567. The largest absolute Gasteiger partial charge is 4.00 e. The maximum absolute atomic E-state index is 7.25. The number of nitrogens with zero attached hydrogens (tertiary/aromatic N) is 2. The van der Waals surface area contributed by atoms with Crippen LogP contribution < -0.4 is 17.0 Å². The predicted octanol–water partition coefficient (Wildman–Crippen LogP) is 2.80. The summed E-state index contributed by atoms with van der Waals surface area (Å²) in [6, 6.07) is 22.2. The van der Waals surface area contributed by atoms with Crippen molar-refractivity contribution in [2.24, 2.45) is 0 Å². The maximum atomic E-state index is 7.25. The molecule has 2 aromatic carbocycles. The van der Waals surface area contributed by atoms with Gasteiger partial charge in [-0.3, -0.25) is 4.98 Å². The number of benzene rings is 2. The molecule has 0 aliphatic carbocycles. The maximum Gasteiger partial charge on any atom is 4.00 e. The fourth-order valence-corrected chi connectivity index (χ4v) is 4.48. The zero-order chi connectivity index (χ0) is 18.8. The number of hydrogen-bond acceptors (Lipinski definition) is 6. The summed E-state index contributed by atoms with van der Waals surface area (Å²) in [7, 11) is 0. The SMILES string of the molecule is [Br-].[N-]=O.[Ru+4].[S-]c1ccccc1SCc1cccc(CSc2ccccc2[S-])n1. The number of nitroso groups, excluding NO2 is 1. The molecule has 28 heavy (non-hydrogen) atoms. The molecule has 3 aromatic rings. The standard InChI is InChI=1S/C19H17NS4.BrH.NO.Ru/c21-16-8-1-3-10-18(16)23-12-14-6-5-7-15(20-14)13-24-19-11-4-2-9-17(19)22;;1-2;/h1-11,21-22H,12-13H2;1H;;/q;;-1;+4/p-3. The van der Waals surface area contributed by atoms with Gasteiger partial charge in [0.15, 0.2) is 0 Å². The van der Waals surface area contributed by atoms with Gasteiger partial charge in [-0.05, 0) is 21.9 Å². The first-order chi connectivity index (χ1) is 12.7. The minimum atomic E-state index is 0. The molecule has 0 spiro atoms. The molecule has 0 N–H and O–H groups in total. The molecule has 0 atom stereocenters. The summed E-state index contributed by atoms with van der Waals surface area (Å²) < 4.78 is 0. The minimum Gasteiger partial charge on any atom is -1.00 e. The molecule has 1 aromatic heterocycles. The normalized spacial score (nSPS) is 9.29. The van der Waals surface area contributed by atoms with E-state index in [2.05, 4.69) is 30.3 Å². The monoisotopic (exact) mass is 596 g/mol. The molecule has 0 saturated carbocycles. The Balaban J connectivity index is 0.00000177. The summed E-state index contributed by atoms with van der Waals surface area (Å²) >= 11 is 14.2. The Morgan fingerprint density at radius 3 is 1.50 bits per heavy atom. The van der Waals surface area contributed by atoms with Crippen molar-refractivity contribution in [3.05, 3.63) is 88.6 Å². The molecule has 0 aliphatic rings. The van der Waals surface area contributed by atoms with E-state index in [1.165, 1.54) is 0 Å². The molecule has 0 saturated heterocycles. The third-order valence-corrected chi connectivity index (χ3v) is 6.50. The summed E-state index contributed by atoms with van der Waals surface area (Å²) in [6.45, 7) is 0. The second-order valence-corrected chi connectivity index (χ2v) is 8.01. The van der Waals surface area contributed by atoms with Gasteiger partial charge < -0.3 is 52.7 Å². The molecular weight excluding hydrogens is 581 g/mol. The molecule has 0 unspecified atom stereocenters. The first-order valence-electron chi connectivity index (χ1n) is 7.63. The summed E-state index contributed by atoms with van der Waals surface area (Å²) in [5, 5.41) is 0. The number of rotatable bonds is 6. The Morgan fingerprint density at radius 2 is 1.11 bits per heavy atom. The van der Waals surface area contributed by atoms with E-state index in [9.17, 15) is 0 Å². The van der Waals surface area contributed by atoms with Crippen molar-refractivity contribution in [3.8, 4) is 0 Å². The van der Waals surface area contributed by atoms with Crippen LogP contribution in [0.3, 0.4) is 0 Å². The topological polar surface area (TPSA) is 52.3 Å². The molecule has 146 valence electrons. The van der Waals surface area contributed by atoms with Crippen molar-refractivity contribution in [2.75, 3.05) is 0 Å². The Labute approximate surface area is 208 Å². The van der Waals surface area contributed by atoms with Crippen LogP contribution in [-0.2, 0) is 56.2 Å². The van der Waals surface area contributed by atoms with Crippen molar-refractivity contribution in [1.29, 1.82) is 0 Å². The van der Waals surface area contributed by atoms with E-state index in [0.29, 0.717) is 0 Å². The van der Waals surface area contributed by atoms with Gasteiger partial charge in [0, 0.05) is 11.5 Å². The van der Waals surface area contributed by atoms with E-state index in [1.807, 2.05) is 36.4 Å². The van der Waals surface area contributed by atoms with Crippen LogP contribution in [0.5, 0.6) is 0 Å². The van der Waals surface area contributed by atoms with Crippen LogP contribution in [0.4, 0.5) is 0 Å². The first kappa shape index (κ1) is 27.4. The van der Waals surface area contributed by atoms with Gasteiger partial charge in [-0.1, -0.05) is 54.6 Å². The van der Waals surface area contributed by atoms with E-state index in [4.69, 9.17) is 40.7 Å². The van der Waals surface area contributed by atoms with Gasteiger partial charge in [-0.2, -0.15) is 9.79 Å². The zero-order valence-electron chi connectivity index (χ0n) is 14.4. The molecule has 1 heterocycles. The van der Waals surface area contributed by atoms with Gasteiger partial charge in [-0.25, -0.2) is 0 Å².